The molecule has 0 aromatic rings. The molecule has 0 aliphatic carbocycles. The summed E-state index contributed by atoms with van der Waals surface area (Å²) in [7, 11) is 1.55. The van der Waals surface area contributed by atoms with Gasteiger partial charge < -0.3 is 19.2 Å². The van der Waals surface area contributed by atoms with Gasteiger partial charge in [0.05, 0.1) is 27.7 Å². The van der Waals surface area contributed by atoms with Crippen molar-refractivity contribution in [2.45, 2.75) is 103 Å². The maximum Gasteiger partial charge on any atom is 0.472 e. The third-order valence-corrected chi connectivity index (χ3v) is 6.51. The molecule has 0 spiro atoms. The Kier molecular flexibility index (Phi) is 20.9. The largest absolute Gasteiger partial charge is 0.472 e. The zero-order chi connectivity index (χ0) is 26.4. The van der Waals surface area contributed by atoms with Crippen LogP contribution in [-0.4, -0.2) is 74.1 Å². The fourth-order valence-electron chi connectivity index (χ4n) is 3.30. The van der Waals surface area contributed by atoms with E-state index in [0.29, 0.717) is 11.0 Å². The number of phosphoric ester groups is 1. The molecule has 8 nitrogen and oxygen atoms in total. The van der Waals surface area contributed by atoms with Crippen LogP contribution in [0.15, 0.2) is 12.2 Å². The summed E-state index contributed by atoms with van der Waals surface area (Å²) >= 11 is 0. The minimum absolute atomic E-state index is 0.0524. The molecule has 0 aliphatic rings. The van der Waals surface area contributed by atoms with Crippen LogP contribution in [0.1, 0.15) is 96.8 Å². The van der Waals surface area contributed by atoms with Crippen molar-refractivity contribution in [3.63, 3.8) is 0 Å². The van der Waals surface area contributed by atoms with Gasteiger partial charge in [-0.15, -0.1) is 0 Å². The van der Waals surface area contributed by atoms with E-state index in [4.69, 9.17) is 13.8 Å². The van der Waals surface area contributed by atoms with Gasteiger partial charge in [0.15, 0.2) is 0 Å². The number of nitrogens with zero attached hydrogens (tertiary/aromatic N) is 1. The molecular formula is C26H53NO7P+. The molecule has 0 saturated carbocycles. The van der Waals surface area contributed by atoms with Crippen LogP contribution in [0.5, 0.6) is 0 Å². The first-order chi connectivity index (χ1) is 16.6. The van der Waals surface area contributed by atoms with E-state index >= 15 is 0 Å². The van der Waals surface area contributed by atoms with Gasteiger partial charge in [0, 0.05) is 6.42 Å². The van der Waals surface area contributed by atoms with E-state index in [1.807, 2.05) is 21.1 Å². The molecule has 0 radical (unpaired) electrons. The maximum absolute atomic E-state index is 11.8. The van der Waals surface area contributed by atoms with E-state index in [0.717, 1.165) is 25.7 Å². The van der Waals surface area contributed by atoms with Gasteiger partial charge in [-0.25, -0.2) is 4.57 Å². The van der Waals surface area contributed by atoms with Gasteiger partial charge in [-0.3, -0.25) is 13.8 Å². The van der Waals surface area contributed by atoms with Crippen molar-refractivity contribution in [1.29, 1.82) is 0 Å². The number of aliphatic hydroxyl groups is 1. The predicted octanol–water partition coefficient (Wildman–Crippen LogP) is 5.77. The first-order valence-corrected chi connectivity index (χ1v) is 15.0. The van der Waals surface area contributed by atoms with E-state index < -0.39 is 26.5 Å². The van der Waals surface area contributed by atoms with E-state index in [2.05, 4.69) is 19.1 Å². The molecule has 2 atom stereocenters. The second kappa shape index (κ2) is 21.3. The Bertz CT molecular complexity index is 593. The Hall–Kier alpha value is -0.760. The molecule has 2 unspecified atom stereocenters. The highest BCUT2D eigenvalue weighted by molar-refractivity contribution is 7.47. The molecule has 208 valence electrons. The van der Waals surface area contributed by atoms with Crippen molar-refractivity contribution in [3.05, 3.63) is 12.2 Å². The number of quaternary nitrogens is 1. The van der Waals surface area contributed by atoms with Crippen LogP contribution in [0.4, 0.5) is 0 Å². The number of hydrogen-bond donors (Lipinski definition) is 2. The minimum Gasteiger partial charge on any atom is -0.463 e. The normalized spacial score (nSPS) is 14.8. The second-order valence-corrected chi connectivity index (χ2v) is 11.7. The number of likely N-dealkylation sites (N-methyl/N-ethyl adjacent to an activating group) is 1. The summed E-state index contributed by atoms with van der Waals surface area (Å²) in [5, 5.41) is 9.82. The lowest BCUT2D eigenvalue weighted by Crippen LogP contribution is -2.37. The van der Waals surface area contributed by atoms with Crippen LogP contribution in [0, 0.1) is 0 Å². The Morgan fingerprint density at radius 1 is 0.857 bits per heavy atom. The van der Waals surface area contributed by atoms with Crippen LogP contribution in [-0.2, 0) is 23.1 Å². The van der Waals surface area contributed by atoms with Gasteiger partial charge >= 0.3 is 13.8 Å². The number of phosphoric acid groups is 1. The Balaban J connectivity index is 3.61. The maximum atomic E-state index is 11.8. The molecule has 0 rings (SSSR count). The molecule has 0 bridgehead atoms. The zero-order valence-electron chi connectivity index (χ0n) is 22.8. The highest BCUT2D eigenvalue weighted by atomic mass is 31.2. The number of hydrogen-bond acceptors (Lipinski definition) is 6. The third kappa shape index (κ3) is 26.1. The van der Waals surface area contributed by atoms with E-state index in [9.17, 15) is 19.4 Å². The smallest absolute Gasteiger partial charge is 0.463 e. The Morgan fingerprint density at radius 2 is 1.40 bits per heavy atom. The van der Waals surface area contributed by atoms with Crippen LogP contribution >= 0.6 is 7.82 Å². The molecule has 0 amide bonds. The summed E-state index contributed by atoms with van der Waals surface area (Å²) < 4.78 is 27.0. The number of rotatable bonds is 24. The number of unbranched alkanes of at least 4 members (excludes halogenated alkanes) is 11. The predicted molar refractivity (Wildman–Crippen MR) is 141 cm³/mol. The van der Waals surface area contributed by atoms with Gasteiger partial charge in [-0.05, 0) is 32.1 Å². The van der Waals surface area contributed by atoms with Crippen molar-refractivity contribution >= 4 is 13.8 Å². The second-order valence-electron chi connectivity index (χ2n) is 10.3. The SMILES string of the molecule is CCCCCCCCCCC/C=C/CCCCC(=O)OCC(O)COP(=O)(O)OCC[N+](C)(C)C. The highest BCUT2D eigenvalue weighted by Gasteiger charge is 2.24. The van der Waals surface area contributed by atoms with Gasteiger partial charge in [-0.1, -0.05) is 70.4 Å². The fraction of sp³-hybridized carbons (Fsp3) is 0.885. The number of carbonyl (C=O) groups is 1. The fourth-order valence-corrected chi connectivity index (χ4v) is 4.04. The van der Waals surface area contributed by atoms with Crippen molar-refractivity contribution < 1.29 is 37.6 Å². The van der Waals surface area contributed by atoms with E-state index in [1.165, 1.54) is 57.8 Å². The lowest BCUT2D eigenvalue weighted by atomic mass is 10.1. The van der Waals surface area contributed by atoms with Gasteiger partial charge in [0.2, 0.25) is 0 Å². The van der Waals surface area contributed by atoms with Crippen LogP contribution in [0.3, 0.4) is 0 Å². The topological polar surface area (TPSA) is 102 Å². The number of aliphatic hydroxyl groups excluding tert-OH is 1. The summed E-state index contributed by atoms with van der Waals surface area (Å²) in [6, 6.07) is 0. The van der Waals surface area contributed by atoms with Crippen molar-refractivity contribution in [1.82, 2.24) is 0 Å². The molecule has 0 saturated heterocycles. The number of ether oxygens (including phenoxy) is 1. The molecule has 9 heteroatoms. The molecule has 0 aromatic carbocycles. The van der Waals surface area contributed by atoms with Gasteiger partial charge in [0.1, 0.15) is 25.9 Å². The number of carbonyl (C=O) groups excluding carboxylic acids is 1. The molecule has 2 N–H and O–H groups in total. The van der Waals surface area contributed by atoms with Crippen molar-refractivity contribution in [2.24, 2.45) is 0 Å². The molecule has 0 heterocycles. The quantitative estimate of drug-likeness (QED) is 0.0546. The summed E-state index contributed by atoms with van der Waals surface area (Å²) in [5.41, 5.74) is 0. The number of esters is 1. The summed E-state index contributed by atoms with van der Waals surface area (Å²) in [6.07, 6.45) is 19.3. The standard InChI is InChI=1S/C26H52NO7P/c1-5-6-7-8-9-10-11-12-13-14-15-16-17-18-19-20-26(29)32-23-25(28)24-34-35(30,31)33-22-21-27(2,3)4/h15-16,25,28H,5-14,17-24H2,1-4H3/p+1/b16-15+. The molecular weight excluding hydrogens is 469 g/mol. The first-order valence-electron chi connectivity index (χ1n) is 13.5. The molecule has 35 heavy (non-hydrogen) atoms. The van der Waals surface area contributed by atoms with Crippen LogP contribution in [0.2, 0.25) is 0 Å². The summed E-state index contributed by atoms with van der Waals surface area (Å²) in [6.45, 7) is 2.10. The lowest BCUT2D eigenvalue weighted by molar-refractivity contribution is -0.870. The molecule has 0 aromatic heterocycles. The first kappa shape index (κ1) is 34.2. The van der Waals surface area contributed by atoms with Crippen molar-refractivity contribution in [2.75, 3.05) is 47.5 Å². The van der Waals surface area contributed by atoms with E-state index in [1.54, 1.807) is 0 Å². The summed E-state index contributed by atoms with van der Waals surface area (Å²) in [5.74, 6) is -0.394. The van der Waals surface area contributed by atoms with Crippen LogP contribution in [0.25, 0.3) is 0 Å². The molecule has 0 aliphatic heterocycles. The van der Waals surface area contributed by atoms with Gasteiger partial charge in [0.25, 0.3) is 0 Å². The summed E-state index contributed by atoms with van der Waals surface area (Å²) in [4.78, 5) is 21.4. The van der Waals surface area contributed by atoms with Crippen molar-refractivity contribution in [3.8, 4) is 0 Å². The highest BCUT2D eigenvalue weighted by Crippen LogP contribution is 2.43. The van der Waals surface area contributed by atoms with Crippen LogP contribution < -0.4 is 0 Å². The third-order valence-electron chi connectivity index (χ3n) is 5.53. The minimum atomic E-state index is -4.24. The van der Waals surface area contributed by atoms with E-state index in [-0.39, 0.29) is 19.6 Å². The lowest BCUT2D eigenvalue weighted by Gasteiger charge is -2.24. The Labute approximate surface area is 214 Å². The molecule has 0 fully saturated rings. The average Bonchev–Trinajstić information content (AvgIpc) is 2.78. The zero-order valence-corrected chi connectivity index (χ0v) is 23.7. The van der Waals surface area contributed by atoms with Gasteiger partial charge in [-0.2, -0.15) is 0 Å². The Morgan fingerprint density at radius 3 is 1.97 bits per heavy atom. The number of allylic oxidation sites excluding steroid dienone is 2. The monoisotopic (exact) mass is 522 g/mol. The average molecular weight is 523 g/mol.